The molecule has 0 atom stereocenters. The highest BCUT2D eigenvalue weighted by atomic mass is 16.1. The van der Waals surface area contributed by atoms with Crippen LogP contribution in [0.25, 0.3) is 5.82 Å². The summed E-state index contributed by atoms with van der Waals surface area (Å²) >= 11 is 0. The molecule has 0 amide bonds. The fourth-order valence-electron chi connectivity index (χ4n) is 1.58. The molecule has 0 spiro atoms. The van der Waals surface area contributed by atoms with Gasteiger partial charge in [0.2, 0.25) is 0 Å². The van der Waals surface area contributed by atoms with Crippen LogP contribution in [0.3, 0.4) is 0 Å². The second-order valence-corrected chi connectivity index (χ2v) is 3.59. The molecule has 2 rings (SSSR count). The van der Waals surface area contributed by atoms with Crippen LogP contribution in [0.2, 0.25) is 0 Å². The molecule has 2 aromatic heterocycles. The molecule has 0 aromatic carbocycles. The monoisotopic (exact) mass is 215 g/mol. The normalized spacial score (nSPS) is 10.4. The first-order valence-electron chi connectivity index (χ1n) is 5.06. The number of nitrogens with two attached hydrogens (primary N) is 1. The molecule has 2 heterocycles. The Morgan fingerprint density at radius 3 is 2.88 bits per heavy atom. The first kappa shape index (κ1) is 10.6. The van der Waals surface area contributed by atoms with Crippen molar-refractivity contribution in [2.75, 3.05) is 0 Å². The molecule has 82 valence electrons. The molecule has 0 unspecified atom stereocenters. The maximum Gasteiger partial charge on any atom is 0.256 e. The minimum Gasteiger partial charge on any atom is -0.326 e. The van der Waals surface area contributed by atoms with Crippen molar-refractivity contribution in [1.82, 2.24) is 9.55 Å². The summed E-state index contributed by atoms with van der Waals surface area (Å²) in [6.45, 7) is 2.33. The summed E-state index contributed by atoms with van der Waals surface area (Å²) in [7, 11) is 0. The smallest absolute Gasteiger partial charge is 0.256 e. The van der Waals surface area contributed by atoms with Crippen molar-refractivity contribution in [1.29, 1.82) is 0 Å². The first-order valence-corrected chi connectivity index (χ1v) is 5.06. The Kier molecular flexibility index (Phi) is 2.83. The van der Waals surface area contributed by atoms with Gasteiger partial charge in [-0.1, -0.05) is 6.07 Å². The van der Waals surface area contributed by atoms with E-state index in [-0.39, 0.29) is 5.56 Å². The number of aryl methyl sites for hydroxylation is 1. The minimum absolute atomic E-state index is 0.0939. The third-order valence-electron chi connectivity index (χ3n) is 2.30. The third-order valence-corrected chi connectivity index (χ3v) is 2.30. The van der Waals surface area contributed by atoms with E-state index in [1.807, 2.05) is 19.1 Å². The van der Waals surface area contributed by atoms with Crippen molar-refractivity contribution in [3.05, 3.63) is 58.1 Å². The lowest BCUT2D eigenvalue weighted by Gasteiger charge is -2.07. The summed E-state index contributed by atoms with van der Waals surface area (Å²) in [5.41, 5.74) is 7.32. The highest BCUT2D eigenvalue weighted by Crippen LogP contribution is 2.07. The van der Waals surface area contributed by atoms with Crippen LogP contribution in [0, 0.1) is 6.92 Å². The first-order chi connectivity index (χ1) is 7.70. The molecule has 0 saturated heterocycles. The van der Waals surface area contributed by atoms with E-state index in [4.69, 9.17) is 5.73 Å². The lowest BCUT2D eigenvalue weighted by molar-refractivity contribution is 0.914. The average Bonchev–Trinajstić information content (AvgIpc) is 2.28. The van der Waals surface area contributed by atoms with Gasteiger partial charge in [0.15, 0.2) is 0 Å². The Balaban J connectivity index is 2.60. The SMILES string of the molecule is Cc1cc(CN)cc(-n2ccccc2=O)n1. The van der Waals surface area contributed by atoms with Gasteiger partial charge in [0.1, 0.15) is 5.82 Å². The van der Waals surface area contributed by atoms with E-state index >= 15 is 0 Å². The molecule has 0 aliphatic carbocycles. The van der Waals surface area contributed by atoms with Crippen LogP contribution in [0.4, 0.5) is 0 Å². The van der Waals surface area contributed by atoms with Gasteiger partial charge in [0, 0.05) is 24.5 Å². The van der Waals surface area contributed by atoms with Crippen LogP contribution in [0.5, 0.6) is 0 Å². The van der Waals surface area contributed by atoms with Crippen LogP contribution >= 0.6 is 0 Å². The van der Waals surface area contributed by atoms with Crippen molar-refractivity contribution in [3.8, 4) is 5.82 Å². The zero-order valence-corrected chi connectivity index (χ0v) is 9.05. The maximum atomic E-state index is 11.6. The summed E-state index contributed by atoms with van der Waals surface area (Å²) < 4.78 is 1.51. The molecule has 4 heteroatoms. The molecule has 0 fully saturated rings. The number of nitrogens with zero attached hydrogens (tertiary/aromatic N) is 2. The predicted octanol–water partition coefficient (Wildman–Crippen LogP) is 1.000. The standard InChI is InChI=1S/C12H13N3O/c1-9-6-10(8-13)7-11(14-9)15-5-3-2-4-12(15)16/h2-7H,8,13H2,1H3. The molecule has 4 nitrogen and oxygen atoms in total. The molecular formula is C12H13N3O. The van der Waals surface area contributed by atoms with Crippen molar-refractivity contribution < 1.29 is 0 Å². The number of pyridine rings is 2. The summed E-state index contributed by atoms with van der Waals surface area (Å²) in [5, 5.41) is 0. The van der Waals surface area contributed by atoms with Crippen LogP contribution < -0.4 is 11.3 Å². The summed E-state index contributed by atoms with van der Waals surface area (Å²) in [5.74, 6) is 0.617. The topological polar surface area (TPSA) is 60.9 Å². The number of hydrogen-bond donors (Lipinski definition) is 1. The molecule has 0 bridgehead atoms. The van der Waals surface area contributed by atoms with Gasteiger partial charge in [-0.05, 0) is 30.7 Å². The van der Waals surface area contributed by atoms with Crippen molar-refractivity contribution >= 4 is 0 Å². The third kappa shape index (κ3) is 2.01. The maximum absolute atomic E-state index is 11.6. The van der Waals surface area contributed by atoms with Gasteiger partial charge in [-0.15, -0.1) is 0 Å². The summed E-state index contributed by atoms with van der Waals surface area (Å²) in [6.07, 6.45) is 1.70. The molecular weight excluding hydrogens is 202 g/mol. The molecule has 16 heavy (non-hydrogen) atoms. The Morgan fingerprint density at radius 2 is 2.19 bits per heavy atom. The number of aromatic nitrogens is 2. The zero-order chi connectivity index (χ0) is 11.5. The molecule has 2 aromatic rings. The lowest BCUT2D eigenvalue weighted by atomic mass is 10.2. The van der Waals surface area contributed by atoms with Crippen LogP contribution in [-0.4, -0.2) is 9.55 Å². The quantitative estimate of drug-likeness (QED) is 0.813. The van der Waals surface area contributed by atoms with Crippen molar-refractivity contribution in [3.63, 3.8) is 0 Å². The second-order valence-electron chi connectivity index (χ2n) is 3.59. The van der Waals surface area contributed by atoms with E-state index in [0.717, 1.165) is 11.3 Å². The van der Waals surface area contributed by atoms with Gasteiger partial charge in [0.25, 0.3) is 5.56 Å². The van der Waals surface area contributed by atoms with E-state index in [0.29, 0.717) is 12.4 Å². The minimum atomic E-state index is -0.0939. The Hall–Kier alpha value is -1.94. The Morgan fingerprint density at radius 1 is 1.38 bits per heavy atom. The zero-order valence-electron chi connectivity index (χ0n) is 9.05. The van der Waals surface area contributed by atoms with Gasteiger partial charge in [0.05, 0.1) is 0 Å². The molecule has 2 N–H and O–H groups in total. The summed E-state index contributed by atoms with van der Waals surface area (Å²) in [4.78, 5) is 15.9. The van der Waals surface area contributed by atoms with Crippen molar-refractivity contribution in [2.24, 2.45) is 5.73 Å². The molecule has 0 radical (unpaired) electrons. The fraction of sp³-hybridized carbons (Fsp3) is 0.167. The van der Waals surface area contributed by atoms with E-state index in [1.165, 1.54) is 10.6 Å². The van der Waals surface area contributed by atoms with Gasteiger partial charge in [-0.25, -0.2) is 4.98 Å². The summed E-state index contributed by atoms with van der Waals surface area (Å²) in [6, 6.07) is 8.75. The largest absolute Gasteiger partial charge is 0.326 e. The Labute approximate surface area is 93.4 Å². The number of rotatable bonds is 2. The van der Waals surface area contributed by atoms with Crippen LogP contribution in [0.15, 0.2) is 41.3 Å². The van der Waals surface area contributed by atoms with Gasteiger partial charge in [-0.2, -0.15) is 0 Å². The highest BCUT2D eigenvalue weighted by molar-refractivity contribution is 5.31. The second kappa shape index (κ2) is 4.28. The molecule has 0 saturated carbocycles. The van der Waals surface area contributed by atoms with Crippen molar-refractivity contribution in [2.45, 2.75) is 13.5 Å². The number of hydrogen-bond acceptors (Lipinski definition) is 3. The predicted molar refractivity (Wildman–Crippen MR) is 62.5 cm³/mol. The average molecular weight is 215 g/mol. The van der Waals surface area contributed by atoms with E-state index in [1.54, 1.807) is 18.3 Å². The van der Waals surface area contributed by atoms with Crippen LogP contribution in [-0.2, 0) is 6.54 Å². The fourth-order valence-corrected chi connectivity index (χ4v) is 1.58. The highest BCUT2D eigenvalue weighted by Gasteiger charge is 2.02. The molecule has 0 aliphatic rings. The molecule has 0 aliphatic heterocycles. The van der Waals surface area contributed by atoms with Crippen LogP contribution in [0.1, 0.15) is 11.3 Å². The Bertz CT molecular complexity index is 560. The van der Waals surface area contributed by atoms with Gasteiger partial charge >= 0.3 is 0 Å². The lowest BCUT2D eigenvalue weighted by Crippen LogP contribution is -2.17. The van der Waals surface area contributed by atoms with E-state index in [9.17, 15) is 4.79 Å². The van der Waals surface area contributed by atoms with Gasteiger partial charge < -0.3 is 5.73 Å². The van der Waals surface area contributed by atoms with E-state index < -0.39 is 0 Å². The van der Waals surface area contributed by atoms with E-state index in [2.05, 4.69) is 4.98 Å². The van der Waals surface area contributed by atoms with Gasteiger partial charge in [-0.3, -0.25) is 9.36 Å².